The molecule has 0 aromatic carbocycles. The van der Waals surface area contributed by atoms with Gasteiger partial charge in [0.2, 0.25) is 0 Å². The minimum Gasteiger partial charge on any atom is -0.358 e. The molecule has 5 nitrogen and oxygen atoms in total. The topological polar surface area (TPSA) is 73.1 Å². The smallest absolute Gasteiger partial charge is 0.358 e. The summed E-state index contributed by atoms with van der Waals surface area (Å²) in [5.74, 6) is -0.249. The van der Waals surface area contributed by atoms with Crippen molar-refractivity contribution in [3.63, 3.8) is 0 Å². The maximum Gasteiger partial charge on any atom is 0.370 e. The van der Waals surface area contributed by atoms with E-state index in [4.69, 9.17) is 0 Å². The first kappa shape index (κ1) is 9.05. The van der Waals surface area contributed by atoms with Gasteiger partial charge in [0, 0.05) is 0 Å². The zero-order valence-corrected chi connectivity index (χ0v) is 6.58. The third kappa shape index (κ3) is 2.19. The molecule has 13 heavy (non-hydrogen) atoms. The molecule has 66 valence electrons. The number of carbonyl (C=O) groups excluding carboxylic acids is 1. The van der Waals surface area contributed by atoms with E-state index >= 15 is 0 Å². The normalized spacial score (nSPS) is 10.2. The van der Waals surface area contributed by atoms with Gasteiger partial charge in [-0.25, -0.2) is 0 Å². The van der Waals surface area contributed by atoms with Crippen molar-refractivity contribution < 1.29 is 9.72 Å². The number of pyridine rings is 1. The summed E-state index contributed by atoms with van der Waals surface area (Å²) in [7, 11) is 0. The van der Waals surface area contributed by atoms with Crippen LogP contribution in [0.25, 0.3) is 6.08 Å². The quantitative estimate of drug-likeness (QED) is 0.301. The highest BCUT2D eigenvalue weighted by atomic mass is 16.6. The minimum atomic E-state index is -0.593. The molecule has 0 radical (unpaired) electrons. The number of hydrogen-bond donors (Lipinski definition) is 0. The zero-order chi connectivity index (χ0) is 9.68. The molecule has 0 amide bonds. The largest absolute Gasteiger partial charge is 0.370 e. The van der Waals surface area contributed by atoms with Crippen LogP contribution in [0, 0.1) is 10.1 Å². The number of aldehydes is 1. The third-order valence-electron chi connectivity index (χ3n) is 1.34. The van der Waals surface area contributed by atoms with Gasteiger partial charge in [0.05, 0.1) is 5.56 Å². The molecule has 0 atom stereocenters. The first-order chi connectivity index (χ1) is 6.25. The molecule has 0 saturated carbocycles. The average molecular weight is 178 g/mol. The molecule has 1 rings (SSSR count). The lowest BCUT2D eigenvalue weighted by molar-refractivity contribution is -0.389. The Balaban J connectivity index is 3.11. The standard InChI is InChI=1S/C8H6N2O3/c11-6-2-4-7-3-1-5-9-8(7)10(12)13/h1-6H. The molecule has 0 N–H and O–H groups in total. The molecule has 0 fully saturated rings. The van der Waals surface area contributed by atoms with E-state index in [1.165, 1.54) is 24.4 Å². The fourth-order valence-corrected chi connectivity index (χ4v) is 0.835. The predicted octanol–water partition coefficient (Wildman–Crippen LogP) is 1.20. The first-order valence-corrected chi connectivity index (χ1v) is 3.47. The van der Waals surface area contributed by atoms with E-state index < -0.39 is 4.92 Å². The van der Waals surface area contributed by atoms with Gasteiger partial charge in [0.15, 0.2) is 0 Å². The monoisotopic (exact) mass is 178 g/mol. The summed E-state index contributed by atoms with van der Waals surface area (Å²) in [6.07, 6.45) is 4.41. The van der Waals surface area contributed by atoms with Crippen molar-refractivity contribution in [2.24, 2.45) is 0 Å². The van der Waals surface area contributed by atoms with Crippen molar-refractivity contribution in [2.75, 3.05) is 0 Å². The highest BCUT2D eigenvalue weighted by Crippen LogP contribution is 2.14. The van der Waals surface area contributed by atoms with Gasteiger partial charge in [0.1, 0.15) is 12.5 Å². The lowest BCUT2D eigenvalue weighted by Gasteiger charge is -1.94. The van der Waals surface area contributed by atoms with Crippen LogP contribution in [-0.4, -0.2) is 16.2 Å². The summed E-state index contributed by atoms with van der Waals surface area (Å²) in [5, 5.41) is 10.4. The fraction of sp³-hybridized carbons (Fsp3) is 0. The van der Waals surface area contributed by atoms with Crippen LogP contribution in [0.15, 0.2) is 24.4 Å². The lowest BCUT2D eigenvalue weighted by Crippen LogP contribution is -1.93. The van der Waals surface area contributed by atoms with E-state index in [9.17, 15) is 14.9 Å². The molecule has 0 saturated heterocycles. The summed E-state index contributed by atoms with van der Waals surface area (Å²) in [6, 6.07) is 3.09. The van der Waals surface area contributed by atoms with E-state index in [1.807, 2.05) is 0 Å². The molecule has 0 bridgehead atoms. The van der Waals surface area contributed by atoms with Gasteiger partial charge in [-0.2, -0.15) is 0 Å². The molecule has 0 aliphatic rings. The predicted molar refractivity (Wildman–Crippen MR) is 46.0 cm³/mol. The minimum absolute atomic E-state index is 0.249. The molecular weight excluding hydrogens is 172 g/mol. The second-order valence-corrected chi connectivity index (χ2v) is 2.17. The van der Waals surface area contributed by atoms with Gasteiger partial charge in [-0.3, -0.25) is 4.79 Å². The number of nitrogens with zero attached hydrogens (tertiary/aromatic N) is 2. The van der Waals surface area contributed by atoms with Crippen molar-refractivity contribution in [2.45, 2.75) is 0 Å². The van der Waals surface area contributed by atoms with E-state index in [2.05, 4.69) is 4.98 Å². The summed E-state index contributed by atoms with van der Waals surface area (Å²) in [6.45, 7) is 0. The second-order valence-electron chi connectivity index (χ2n) is 2.17. The second kappa shape index (κ2) is 4.10. The number of aromatic nitrogens is 1. The van der Waals surface area contributed by atoms with Crippen LogP contribution in [-0.2, 0) is 4.79 Å². The maximum atomic E-state index is 10.4. The van der Waals surface area contributed by atoms with Crippen molar-refractivity contribution in [1.82, 2.24) is 4.98 Å². The van der Waals surface area contributed by atoms with Crippen LogP contribution in [0.4, 0.5) is 5.82 Å². The number of nitro groups is 1. The number of rotatable bonds is 3. The molecule has 0 spiro atoms. The van der Waals surface area contributed by atoms with Gasteiger partial charge in [0.25, 0.3) is 0 Å². The van der Waals surface area contributed by atoms with E-state index in [0.717, 1.165) is 0 Å². The Bertz CT molecular complexity index is 360. The van der Waals surface area contributed by atoms with Gasteiger partial charge in [-0.1, -0.05) is 0 Å². The van der Waals surface area contributed by atoms with Crippen LogP contribution in [0.2, 0.25) is 0 Å². The van der Waals surface area contributed by atoms with Crippen LogP contribution in [0.5, 0.6) is 0 Å². The first-order valence-electron chi connectivity index (χ1n) is 3.47. The number of carbonyl (C=O) groups is 1. The van der Waals surface area contributed by atoms with Crippen LogP contribution in [0.3, 0.4) is 0 Å². The van der Waals surface area contributed by atoms with Crippen LogP contribution >= 0.6 is 0 Å². The Morgan fingerprint density at radius 2 is 2.31 bits per heavy atom. The molecular formula is C8H6N2O3. The Morgan fingerprint density at radius 3 is 2.92 bits per heavy atom. The summed E-state index contributed by atoms with van der Waals surface area (Å²) in [4.78, 5) is 23.4. The van der Waals surface area contributed by atoms with Crippen molar-refractivity contribution in [3.8, 4) is 0 Å². The average Bonchev–Trinajstić information content (AvgIpc) is 2.15. The lowest BCUT2D eigenvalue weighted by atomic mass is 10.2. The Hall–Kier alpha value is -2.04. The zero-order valence-electron chi connectivity index (χ0n) is 6.58. The highest BCUT2D eigenvalue weighted by molar-refractivity contribution is 5.75. The Kier molecular flexibility index (Phi) is 2.86. The Labute approximate surface area is 73.9 Å². The fourth-order valence-electron chi connectivity index (χ4n) is 0.835. The van der Waals surface area contributed by atoms with Crippen LogP contribution in [0.1, 0.15) is 5.56 Å². The van der Waals surface area contributed by atoms with Gasteiger partial charge < -0.3 is 10.1 Å². The maximum absolute atomic E-state index is 10.4. The molecule has 0 unspecified atom stereocenters. The van der Waals surface area contributed by atoms with E-state index in [1.54, 1.807) is 6.07 Å². The Morgan fingerprint density at radius 1 is 1.54 bits per heavy atom. The van der Waals surface area contributed by atoms with Crippen molar-refractivity contribution in [1.29, 1.82) is 0 Å². The molecule has 0 aliphatic carbocycles. The molecule has 1 aromatic rings. The summed E-state index contributed by atoms with van der Waals surface area (Å²) in [5.41, 5.74) is 0.319. The molecule has 5 heteroatoms. The number of allylic oxidation sites excluding steroid dienone is 1. The SMILES string of the molecule is O=CC=Cc1cccnc1[N+](=O)[O-]. The molecule has 1 heterocycles. The van der Waals surface area contributed by atoms with Crippen molar-refractivity contribution in [3.05, 3.63) is 40.1 Å². The van der Waals surface area contributed by atoms with Gasteiger partial charge in [-0.15, -0.1) is 0 Å². The van der Waals surface area contributed by atoms with Gasteiger partial charge in [-0.05, 0) is 34.2 Å². The van der Waals surface area contributed by atoms with E-state index in [0.29, 0.717) is 11.8 Å². The number of hydrogen-bond acceptors (Lipinski definition) is 4. The third-order valence-corrected chi connectivity index (χ3v) is 1.34. The summed E-state index contributed by atoms with van der Waals surface area (Å²) >= 11 is 0. The van der Waals surface area contributed by atoms with Gasteiger partial charge >= 0.3 is 5.82 Å². The highest BCUT2D eigenvalue weighted by Gasteiger charge is 2.10. The molecule has 1 aromatic heterocycles. The van der Waals surface area contributed by atoms with Crippen LogP contribution < -0.4 is 0 Å². The van der Waals surface area contributed by atoms with E-state index in [-0.39, 0.29) is 5.82 Å². The van der Waals surface area contributed by atoms with Crippen molar-refractivity contribution >= 4 is 18.2 Å². The summed E-state index contributed by atoms with van der Waals surface area (Å²) < 4.78 is 0. The molecule has 0 aliphatic heterocycles.